The summed E-state index contributed by atoms with van der Waals surface area (Å²) >= 11 is 0. The van der Waals surface area contributed by atoms with Crippen molar-refractivity contribution in [3.8, 4) is 0 Å². The molecule has 10 heavy (non-hydrogen) atoms. The molecule has 1 rings (SSSR count). The summed E-state index contributed by atoms with van der Waals surface area (Å²) in [5.41, 5.74) is 1.48. The molecule has 1 aliphatic rings. The molecule has 0 aromatic rings. The Bertz CT molecular complexity index is 134. The van der Waals surface area contributed by atoms with Gasteiger partial charge in [0.1, 0.15) is 0 Å². The third-order valence-corrected chi connectivity index (χ3v) is 1.59. The minimum absolute atomic E-state index is 0. The standard InChI is InChI=1S/C9H13.Zr/c1-2-3-6-9-7-4-5-8-9;/h7-8H,2-4,6H2,1H3;/q-1;. The van der Waals surface area contributed by atoms with Gasteiger partial charge in [0.15, 0.2) is 0 Å². The number of hydrogen-bond donors (Lipinski definition) is 0. The van der Waals surface area contributed by atoms with E-state index in [0.717, 1.165) is 6.42 Å². The van der Waals surface area contributed by atoms with Crippen LogP contribution in [0.2, 0.25) is 0 Å². The average Bonchev–Trinajstić information content (AvgIpc) is 2.34. The number of allylic oxidation sites excluding steroid dienone is 4. The van der Waals surface area contributed by atoms with Crippen LogP contribution in [0, 0.1) is 6.08 Å². The Morgan fingerprint density at radius 1 is 1.60 bits per heavy atom. The topological polar surface area (TPSA) is 0 Å². The van der Waals surface area contributed by atoms with Gasteiger partial charge < -0.3 is 0 Å². The molecule has 0 nitrogen and oxygen atoms in total. The summed E-state index contributed by atoms with van der Waals surface area (Å²) in [4.78, 5) is 0. The fourth-order valence-corrected chi connectivity index (χ4v) is 0.994. The number of hydrogen-bond acceptors (Lipinski definition) is 0. The molecule has 0 aromatic carbocycles. The van der Waals surface area contributed by atoms with Crippen molar-refractivity contribution in [1.29, 1.82) is 0 Å². The molecule has 1 heteroatoms. The van der Waals surface area contributed by atoms with Gasteiger partial charge in [-0.2, -0.15) is 6.08 Å². The molecule has 0 saturated heterocycles. The molecule has 0 unspecified atom stereocenters. The minimum atomic E-state index is 0. The van der Waals surface area contributed by atoms with Crippen molar-refractivity contribution in [3.63, 3.8) is 0 Å². The van der Waals surface area contributed by atoms with Crippen molar-refractivity contribution < 1.29 is 26.2 Å². The second kappa shape index (κ2) is 6.10. The predicted octanol–water partition coefficient (Wildman–Crippen LogP) is 2.86. The van der Waals surface area contributed by atoms with Crippen molar-refractivity contribution in [2.24, 2.45) is 0 Å². The van der Waals surface area contributed by atoms with E-state index in [1.165, 1.54) is 24.8 Å². The first-order chi connectivity index (χ1) is 4.43. The zero-order valence-electron chi connectivity index (χ0n) is 6.48. The van der Waals surface area contributed by atoms with Gasteiger partial charge in [0, 0.05) is 26.2 Å². The Balaban J connectivity index is 0.000000810. The fourth-order valence-electron chi connectivity index (χ4n) is 0.994. The molecule has 0 atom stereocenters. The van der Waals surface area contributed by atoms with E-state index >= 15 is 0 Å². The largest absolute Gasteiger partial charge is 0.273 e. The van der Waals surface area contributed by atoms with Gasteiger partial charge in [0.25, 0.3) is 0 Å². The van der Waals surface area contributed by atoms with Crippen LogP contribution in [-0.2, 0) is 26.2 Å². The Hall–Kier alpha value is 0.363. The molecule has 1 aliphatic carbocycles. The quantitative estimate of drug-likeness (QED) is 0.631. The van der Waals surface area contributed by atoms with E-state index in [2.05, 4.69) is 25.2 Å². The van der Waals surface area contributed by atoms with E-state index in [4.69, 9.17) is 0 Å². The van der Waals surface area contributed by atoms with E-state index in [1.807, 2.05) is 0 Å². The number of rotatable bonds is 3. The summed E-state index contributed by atoms with van der Waals surface area (Å²) in [6, 6.07) is 0. The Kier molecular flexibility index (Phi) is 6.32. The van der Waals surface area contributed by atoms with E-state index in [9.17, 15) is 0 Å². The predicted molar refractivity (Wildman–Crippen MR) is 40.0 cm³/mol. The molecule has 54 valence electrons. The summed E-state index contributed by atoms with van der Waals surface area (Å²) in [6.45, 7) is 2.23. The molecule has 0 saturated carbocycles. The van der Waals surface area contributed by atoms with Gasteiger partial charge in [-0.1, -0.05) is 26.2 Å². The molecular formula is C9H13Zr-. The first-order valence-electron chi connectivity index (χ1n) is 3.69. The van der Waals surface area contributed by atoms with Gasteiger partial charge in [-0.25, -0.2) is 11.6 Å². The molecule has 0 heterocycles. The van der Waals surface area contributed by atoms with Crippen LogP contribution in [0.3, 0.4) is 0 Å². The minimum Gasteiger partial charge on any atom is -0.273 e. The smallest absolute Gasteiger partial charge is 0 e. The summed E-state index contributed by atoms with van der Waals surface area (Å²) in [7, 11) is 0. The molecule has 0 aromatic heterocycles. The SMILES string of the molecule is CCCCC1=CC[C-]=C1.[Zr]. The zero-order chi connectivity index (χ0) is 6.53. The van der Waals surface area contributed by atoms with Gasteiger partial charge in [-0.3, -0.25) is 6.08 Å². The van der Waals surface area contributed by atoms with Gasteiger partial charge >= 0.3 is 0 Å². The second-order valence-electron chi connectivity index (χ2n) is 2.44. The molecular weight excluding hydrogens is 199 g/mol. The van der Waals surface area contributed by atoms with Crippen molar-refractivity contribution in [2.45, 2.75) is 32.6 Å². The monoisotopic (exact) mass is 211 g/mol. The van der Waals surface area contributed by atoms with Crippen LogP contribution in [0.4, 0.5) is 0 Å². The van der Waals surface area contributed by atoms with Crippen LogP contribution in [0.25, 0.3) is 0 Å². The second-order valence-corrected chi connectivity index (χ2v) is 2.44. The third-order valence-electron chi connectivity index (χ3n) is 1.59. The van der Waals surface area contributed by atoms with Crippen molar-refractivity contribution in [1.82, 2.24) is 0 Å². The zero-order valence-corrected chi connectivity index (χ0v) is 8.94. The normalized spacial score (nSPS) is 14.7. The van der Waals surface area contributed by atoms with Gasteiger partial charge in [-0.15, -0.1) is 6.42 Å². The first-order valence-corrected chi connectivity index (χ1v) is 3.69. The summed E-state index contributed by atoms with van der Waals surface area (Å²) in [5, 5.41) is 0. The van der Waals surface area contributed by atoms with Gasteiger partial charge in [0.05, 0.1) is 0 Å². The third kappa shape index (κ3) is 3.51. The van der Waals surface area contributed by atoms with E-state index in [-0.39, 0.29) is 26.2 Å². The fraction of sp³-hybridized carbons (Fsp3) is 0.556. The van der Waals surface area contributed by atoms with Crippen LogP contribution >= 0.6 is 0 Å². The molecule has 0 spiro atoms. The number of unbranched alkanes of at least 4 members (excludes halogenated alkanes) is 1. The van der Waals surface area contributed by atoms with Crippen molar-refractivity contribution in [3.05, 3.63) is 23.8 Å². The van der Waals surface area contributed by atoms with Crippen LogP contribution in [0.5, 0.6) is 0 Å². The van der Waals surface area contributed by atoms with Crippen LogP contribution in [-0.4, -0.2) is 0 Å². The summed E-state index contributed by atoms with van der Waals surface area (Å²) in [6.07, 6.45) is 12.5. The van der Waals surface area contributed by atoms with Gasteiger partial charge in [0.2, 0.25) is 0 Å². The molecule has 0 fully saturated rings. The molecule has 0 bridgehead atoms. The van der Waals surface area contributed by atoms with Crippen molar-refractivity contribution in [2.75, 3.05) is 0 Å². The van der Waals surface area contributed by atoms with Crippen LogP contribution in [0.1, 0.15) is 32.6 Å². The molecule has 0 amide bonds. The van der Waals surface area contributed by atoms with E-state index in [0.29, 0.717) is 0 Å². The van der Waals surface area contributed by atoms with Gasteiger partial charge in [-0.05, 0) is 0 Å². The molecule has 0 aliphatic heterocycles. The Labute approximate surface area is 82.5 Å². The van der Waals surface area contributed by atoms with Crippen LogP contribution < -0.4 is 0 Å². The van der Waals surface area contributed by atoms with Crippen LogP contribution in [0.15, 0.2) is 17.7 Å². The Morgan fingerprint density at radius 3 is 2.90 bits per heavy atom. The maximum Gasteiger partial charge on any atom is 0 e. The molecule has 0 radical (unpaired) electrons. The molecule has 0 N–H and O–H groups in total. The average molecular weight is 212 g/mol. The summed E-state index contributed by atoms with van der Waals surface area (Å²) in [5.74, 6) is 0. The van der Waals surface area contributed by atoms with E-state index < -0.39 is 0 Å². The maximum absolute atomic E-state index is 3.16. The first kappa shape index (κ1) is 10.4. The van der Waals surface area contributed by atoms with E-state index in [1.54, 1.807) is 0 Å². The maximum atomic E-state index is 3.16. The summed E-state index contributed by atoms with van der Waals surface area (Å²) < 4.78 is 0. The van der Waals surface area contributed by atoms with Crippen molar-refractivity contribution >= 4 is 0 Å². The Morgan fingerprint density at radius 2 is 2.40 bits per heavy atom.